The zero-order valence-corrected chi connectivity index (χ0v) is 13.3. The van der Waals surface area contributed by atoms with Gasteiger partial charge in [-0.3, -0.25) is 0 Å². The molecule has 23 heavy (non-hydrogen) atoms. The van der Waals surface area contributed by atoms with E-state index in [1.54, 1.807) is 12.3 Å². The third kappa shape index (κ3) is 2.67. The van der Waals surface area contributed by atoms with Gasteiger partial charge in [0, 0.05) is 18.3 Å². The highest BCUT2D eigenvalue weighted by Crippen LogP contribution is 2.40. The Morgan fingerprint density at radius 3 is 2.74 bits per heavy atom. The zero-order chi connectivity index (χ0) is 16.6. The van der Waals surface area contributed by atoms with Gasteiger partial charge in [-0.1, -0.05) is 0 Å². The van der Waals surface area contributed by atoms with Crippen molar-refractivity contribution in [1.82, 2.24) is 14.5 Å². The van der Waals surface area contributed by atoms with Crippen LogP contribution < -0.4 is 4.74 Å². The number of hydrogen-bond acceptors (Lipinski definition) is 5. The lowest BCUT2D eigenvalue weighted by atomic mass is 10.1. The summed E-state index contributed by atoms with van der Waals surface area (Å²) in [6.45, 7) is 6.40. The number of aromatic hydroxyl groups is 2. The van der Waals surface area contributed by atoms with Gasteiger partial charge in [0.15, 0.2) is 17.1 Å². The second-order valence-corrected chi connectivity index (χ2v) is 5.53. The molecule has 0 bridgehead atoms. The van der Waals surface area contributed by atoms with Crippen LogP contribution in [0.5, 0.6) is 17.2 Å². The number of pyridine rings is 1. The van der Waals surface area contributed by atoms with Crippen molar-refractivity contribution < 1.29 is 14.9 Å². The molecule has 0 saturated carbocycles. The summed E-state index contributed by atoms with van der Waals surface area (Å²) in [5.74, 6) is 0.406. The molecule has 0 aliphatic rings. The van der Waals surface area contributed by atoms with Crippen LogP contribution >= 0.6 is 0 Å². The molecule has 0 spiro atoms. The molecule has 120 valence electrons. The van der Waals surface area contributed by atoms with Gasteiger partial charge in [-0.05, 0) is 45.0 Å². The van der Waals surface area contributed by atoms with Crippen LogP contribution in [-0.4, -0.2) is 30.9 Å². The number of phenolic OH excluding ortho intramolecular Hbond substituents is 2. The van der Waals surface area contributed by atoms with Gasteiger partial charge in [-0.15, -0.1) is 0 Å². The van der Waals surface area contributed by atoms with E-state index in [1.807, 2.05) is 37.5 Å². The van der Waals surface area contributed by atoms with Gasteiger partial charge in [-0.25, -0.2) is 9.97 Å². The summed E-state index contributed by atoms with van der Waals surface area (Å²) in [5.41, 5.74) is 2.22. The molecule has 6 heteroatoms. The minimum Gasteiger partial charge on any atom is -0.504 e. The zero-order valence-electron chi connectivity index (χ0n) is 13.3. The fraction of sp³-hybridized carbons (Fsp3) is 0.294. The Balaban J connectivity index is 2.20. The van der Waals surface area contributed by atoms with Crippen LogP contribution in [0.15, 0.2) is 30.5 Å². The predicted molar refractivity (Wildman–Crippen MR) is 87.7 cm³/mol. The van der Waals surface area contributed by atoms with Crippen LogP contribution in [0.1, 0.15) is 20.8 Å². The van der Waals surface area contributed by atoms with E-state index in [0.29, 0.717) is 17.9 Å². The van der Waals surface area contributed by atoms with Crippen molar-refractivity contribution in [3.8, 4) is 28.6 Å². The van der Waals surface area contributed by atoms with E-state index in [-0.39, 0.29) is 23.4 Å². The molecule has 2 heterocycles. The first-order valence-corrected chi connectivity index (χ1v) is 7.55. The lowest BCUT2D eigenvalue weighted by molar-refractivity contribution is 0.229. The number of aryl methyl sites for hydroxylation is 1. The number of benzene rings is 1. The van der Waals surface area contributed by atoms with Crippen LogP contribution in [0, 0.1) is 0 Å². The van der Waals surface area contributed by atoms with Gasteiger partial charge in [0.05, 0.1) is 6.10 Å². The smallest absolute Gasteiger partial charge is 0.200 e. The second-order valence-electron chi connectivity index (χ2n) is 5.53. The van der Waals surface area contributed by atoms with Gasteiger partial charge < -0.3 is 19.5 Å². The SMILES string of the molecule is CCn1c(-c2cc(O)c(O)c(OC(C)C)c2)nc2cccnc21. The maximum absolute atomic E-state index is 10.0. The summed E-state index contributed by atoms with van der Waals surface area (Å²) in [5, 5.41) is 20.0. The minimum atomic E-state index is -0.264. The van der Waals surface area contributed by atoms with E-state index in [4.69, 9.17) is 4.74 Å². The molecule has 0 atom stereocenters. The van der Waals surface area contributed by atoms with E-state index in [9.17, 15) is 10.2 Å². The van der Waals surface area contributed by atoms with Crippen LogP contribution in [0.4, 0.5) is 0 Å². The van der Waals surface area contributed by atoms with Gasteiger partial charge in [-0.2, -0.15) is 0 Å². The van der Waals surface area contributed by atoms with Crippen molar-refractivity contribution in [2.75, 3.05) is 0 Å². The third-order valence-corrected chi connectivity index (χ3v) is 3.50. The standard InChI is InChI=1S/C17H19N3O3/c1-4-20-16(19-12-6-5-7-18-17(12)20)11-8-13(21)15(22)14(9-11)23-10(2)3/h5-10,21-22H,4H2,1-3H3. The molecule has 0 radical (unpaired) electrons. The molecule has 3 aromatic rings. The maximum Gasteiger partial charge on any atom is 0.200 e. The Morgan fingerprint density at radius 1 is 1.26 bits per heavy atom. The predicted octanol–water partition coefficient (Wildman–Crippen LogP) is 3.32. The van der Waals surface area contributed by atoms with Crippen molar-refractivity contribution in [3.63, 3.8) is 0 Å². The first kappa shape index (κ1) is 15.1. The summed E-state index contributed by atoms with van der Waals surface area (Å²) in [6.07, 6.45) is 1.60. The first-order chi connectivity index (χ1) is 11.0. The molecule has 0 aliphatic heterocycles. The average molecular weight is 313 g/mol. The van der Waals surface area contributed by atoms with E-state index in [0.717, 1.165) is 11.2 Å². The largest absolute Gasteiger partial charge is 0.504 e. The molecule has 2 aromatic heterocycles. The Hall–Kier alpha value is -2.76. The van der Waals surface area contributed by atoms with Crippen molar-refractivity contribution >= 4 is 11.2 Å². The number of aromatic nitrogens is 3. The molecule has 2 N–H and O–H groups in total. The molecule has 1 aromatic carbocycles. The molecule has 0 amide bonds. The quantitative estimate of drug-likeness (QED) is 0.722. The molecule has 0 aliphatic carbocycles. The highest BCUT2D eigenvalue weighted by Gasteiger charge is 2.17. The number of hydrogen-bond donors (Lipinski definition) is 2. The monoisotopic (exact) mass is 313 g/mol. The number of nitrogens with zero attached hydrogens (tertiary/aromatic N) is 3. The molecule has 0 saturated heterocycles. The lowest BCUT2D eigenvalue weighted by Gasteiger charge is -2.14. The molecule has 0 unspecified atom stereocenters. The summed E-state index contributed by atoms with van der Waals surface area (Å²) in [4.78, 5) is 8.96. The minimum absolute atomic E-state index is 0.123. The van der Waals surface area contributed by atoms with Crippen LogP contribution in [-0.2, 0) is 6.54 Å². The Labute approximate surface area is 134 Å². The van der Waals surface area contributed by atoms with Crippen LogP contribution in [0.2, 0.25) is 0 Å². The maximum atomic E-state index is 10.0. The Bertz CT molecular complexity index is 856. The second kappa shape index (κ2) is 5.79. The van der Waals surface area contributed by atoms with Crippen molar-refractivity contribution in [2.45, 2.75) is 33.4 Å². The normalized spacial score (nSPS) is 11.3. The summed E-state index contributed by atoms with van der Waals surface area (Å²) in [6, 6.07) is 6.89. The molecule has 3 rings (SSSR count). The van der Waals surface area contributed by atoms with E-state index >= 15 is 0 Å². The van der Waals surface area contributed by atoms with E-state index in [2.05, 4.69) is 9.97 Å². The molecule has 0 fully saturated rings. The van der Waals surface area contributed by atoms with Gasteiger partial charge in [0.2, 0.25) is 5.75 Å². The van der Waals surface area contributed by atoms with E-state index in [1.165, 1.54) is 6.07 Å². The number of phenols is 2. The summed E-state index contributed by atoms with van der Waals surface area (Å²) < 4.78 is 7.53. The summed E-state index contributed by atoms with van der Waals surface area (Å²) in [7, 11) is 0. The van der Waals surface area contributed by atoms with Gasteiger partial charge in [0.1, 0.15) is 11.3 Å². The van der Waals surface area contributed by atoms with Gasteiger partial charge >= 0.3 is 0 Å². The Kier molecular flexibility index (Phi) is 3.82. The number of rotatable bonds is 4. The average Bonchev–Trinajstić information content (AvgIpc) is 2.89. The van der Waals surface area contributed by atoms with Crippen molar-refractivity contribution in [3.05, 3.63) is 30.5 Å². The van der Waals surface area contributed by atoms with E-state index < -0.39 is 0 Å². The van der Waals surface area contributed by atoms with Crippen molar-refractivity contribution in [1.29, 1.82) is 0 Å². The molecular formula is C17H19N3O3. The lowest BCUT2D eigenvalue weighted by Crippen LogP contribution is -2.06. The number of ether oxygens (including phenoxy) is 1. The van der Waals surface area contributed by atoms with Gasteiger partial charge in [0.25, 0.3) is 0 Å². The molecule has 6 nitrogen and oxygen atoms in total. The highest BCUT2D eigenvalue weighted by atomic mass is 16.5. The number of fused-ring (bicyclic) bond motifs is 1. The molecular weight excluding hydrogens is 294 g/mol. The Morgan fingerprint density at radius 2 is 2.04 bits per heavy atom. The van der Waals surface area contributed by atoms with Crippen molar-refractivity contribution in [2.24, 2.45) is 0 Å². The highest BCUT2D eigenvalue weighted by molar-refractivity contribution is 5.78. The first-order valence-electron chi connectivity index (χ1n) is 7.55. The number of imidazole rings is 1. The third-order valence-electron chi connectivity index (χ3n) is 3.50. The van der Waals surface area contributed by atoms with Crippen LogP contribution in [0.25, 0.3) is 22.6 Å². The fourth-order valence-corrected chi connectivity index (χ4v) is 2.54. The fourth-order valence-electron chi connectivity index (χ4n) is 2.54. The topological polar surface area (TPSA) is 80.4 Å². The van der Waals surface area contributed by atoms with Crippen LogP contribution in [0.3, 0.4) is 0 Å². The summed E-state index contributed by atoms with van der Waals surface area (Å²) >= 11 is 0.